The van der Waals surface area contributed by atoms with Crippen LogP contribution in [0.3, 0.4) is 0 Å². The molecule has 0 saturated carbocycles. The quantitative estimate of drug-likeness (QED) is 0.797. The van der Waals surface area contributed by atoms with Crippen molar-refractivity contribution < 1.29 is 4.79 Å². The predicted molar refractivity (Wildman–Crippen MR) is 73.3 cm³/mol. The molecule has 5 heteroatoms. The van der Waals surface area contributed by atoms with E-state index in [1.165, 1.54) is 0 Å². The van der Waals surface area contributed by atoms with Crippen LogP contribution >= 0.6 is 15.9 Å². The predicted octanol–water partition coefficient (Wildman–Crippen LogP) is 1.99. The topological polar surface area (TPSA) is 47.3 Å². The van der Waals surface area contributed by atoms with Crippen LogP contribution in [0.25, 0.3) is 0 Å². The number of benzene rings is 1. The maximum absolute atomic E-state index is 11.9. The van der Waals surface area contributed by atoms with Crippen LogP contribution in [0, 0.1) is 11.3 Å². The SMILES string of the molecule is CN1CCCN(c2ccc(Br)cc2C#N)CC1=O. The maximum Gasteiger partial charge on any atom is 0.241 e. The van der Waals surface area contributed by atoms with E-state index >= 15 is 0 Å². The van der Waals surface area contributed by atoms with Gasteiger partial charge in [0.15, 0.2) is 0 Å². The van der Waals surface area contributed by atoms with Crippen LogP contribution in [0.2, 0.25) is 0 Å². The van der Waals surface area contributed by atoms with Crippen LogP contribution in [0.4, 0.5) is 5.69 Å². The third-order valence-electron chi connectivity index (χ3n) is 3.09. The molecule has 94 valence electrons. The van der Waals surface area contributed by atoms with Gasteiger partial charge in [-0.2, -0.15) is 5.26 Å². The van der Waals surface area contributed by atoms with Gasteiger partial charge >= 0.3 is 0 Å². The van der Waals surface area contributed by atoms with Gasteiger partial charge in [-0.15, -0.1) is 0 Å². The van der Waals surface area contributed by atoms with Crippen molar-refractivity contribution in [1.29, 1.82) is 5.26 Å². The molecular weight excluding hydrogens is 294 g/mol. The second-order valence-electron chi connectivity index (χ2n) is 4.36. The minimum Gasteiger partial charge on any atom is -0.361 e. The molecule has 1 aliphatic heterocycles. The molecule has 0 unspecified atom stereocenters. The number of hydrogen-bond donors (Lipinski definition) is 0. The van der Waals surface area contributed by atoms with Crippen LogP contribution in [-0.2, 0) is 4.79 Å². The first-order valence-electron chi connectivity index (χ1n) is 5.80. The number of likely N-dealkylation sites (N-methyl/N-ethyl adjacent to an activating group) is 1. The second-order valence-corrected chi connectivity index (χ2v) is 5.28. The van der Waals surface area contributed by atoms with E-state index in [9.17, 15) is 4.79 Å². The fraction of sp³-hybridized carbons (Fsp3) is 0.385. The highest BCUT2D eigenvalue weighted by Crippen LogP contribution is 2.25. The van der Waals surface area contributed by atoms with Gasteiger partial charge in [-0.25, -0.2) is 0 Å². The number of halogens is 1. The van der Waals surface area contributed by atoms with E-state index in [4.69, 9.17) is 5.26 Å². The Morgan fingerprint density at radius 1 is 1.39 bits per heavy atom. The minimum atomic E-state index is 0.0966. The molecule has 1 aromatic rings. The summed E-state index contributed by atoms with van der Waals surface area (Å²) < 4.78 is 0.876. The van der Waals surface area contributed by atoms with E-state index in [0.29, 0.717) is 12.1 Å². The Hall–Kier alpha value is -1.54. The Labute approximate surface area is 115 Å². The summed E-state index contributed by atoms with van der Waals surface area (Å²) in [6, 6.07) is 7.76. The number of nitriles is 1. The maximum atomic E-state index is 11.9. The Morgan fingerprint density at radius 2 is 2.17 bits per heavy atom. The van der Waals surface area contributed by atoms with Crippen LogP contribution < -0.4 is 4.90 Å². The van der Waals surface area contributed by atoms with Gasteiger partial charge in [-0.05, 0) is 24.6 Å². The van der Waals surface area contributed by atoms with Crippen molar-refractivity contribution >= 4 is 27.5 Å². The average molecular weight is 308 g/mol. The molecule has 1 saturated heterocycles. The molecule has 0 bridgehead atoms. The molecule has 0 N–H and O–H groups in total. The van der Waals surface area contributed by atoms with Crippen LogP contribution in [-0.4, -0.2) is 37.5 Å². The monoisotopic (exact) mass is 307 g/mol. The number of hydrogen-bond acceptors (Lipinski definition) is 3. The third kappa shape index (κ3) is 2.65. The van der Waals surface area contributed by atoms with Crippen LogP contribution in [0.15, 0.2) is 22.7 Å². The zero-order chi connectivity index (χ0) is 13.1. The molecule has 1 amide bonds. The summed E-state index contributed by atoms with van der Waals surface area (Å²) in [7, 11) is 1.82. The summed E-state index contributed by atoms with van der Waals surface area (Å²) in [5, 5.41) is 9.17. The molecule has 1 aromatic carbocycles. The summed E-state index contributed by atoms with van der Waals surface area (Å²) in [5.74, 6) is 0.0966. The molecule has 18 heavy (non-hydrogen) atoms. The van der Waals surface area contributed by atoms with Crippen molar-refractivity contribution in [2.45, 2.75) is 6.42 Å². The molecule has 0 aromatic heterocycles. The molecule has 0 radical (unpaired) electrons. The van der Waals surface area contributed by atoms with Crippen molar-refractivity contribution in [2.75, 3.05) is 31.6 Å². The van der Waals surface area contributed by atoms with E-state index < -0.39 is 0 Å². The highest BCUT2D eigenvalue weighted by Gasteiger charge is 2.20. The minimum absolute atomic E-state index is 0.0966. The van der Waals surface area contributed by atoms with E-state index in [2.05, 4.69) is 22.0 Å². The summed E-state index contributed by atoms with van der Waals surface area (Å²) in [6.45, 7) is 1.91. The normalized spacial score (nSPS) is 16.4. The summed E-state index contributed by atoms with van der Waals surface area (Å²) in [4.78, 5) is 15.6. The van der Waals surface area contributed by atoms with Crippen molar-refractivity contribution in [2.24, 2.45) is 0 Å². The first-order chi connectivity index (χ1) is 8.61. The molecule has 0 atom stereocenters. The fourth-order valence-electron chi connectivity index (χ4n) is 2.07. The van der Waals surface area contributed by atoms with Gasteiger partial charge in [0.1, 0.15) is 6.07 Å². The van der Waals surface area contributed by atoms with Crippen molar-refractivity contribution in [3.63, 3.8) is 0 Å². The van der Waals surface area contributed by atoms with Gasteiger partial charge in [-0.1, -0.05) is 15.9 Å². The number of carbonyl (C=O) groups is 1. The third-order valence-corrected chi connectivity index (χ3v) is 3.59. The van der Waals surface area contributed by atoms with Crippen LogP contribution in [0.1, 0.15) is 12.0 Å². The lowest BCUT2D eigenvalue weighted by Crippen LogP contribution is -2.34. The van der Waals surface area contributed by atoms with Crippen LogP contribution in [0.5, 0.6) is 0 Å². The Balaban J connectivity index is 2.31. The average Bonchev–Trinajstić information content (AvgIpc) is 2.52. The number of rotatable bonds is 1. The van der Waals surface area contributed by atoms with E-state index in [0.717, 1.165) is 29.7 Å². The molecular formula is C13H14BrN3O. The first kappa shape index (κ1) is 12.9. The number of carbonyl (C=O) groups excluding carboxylic acids is 1. The Kier molecular flexibility index (Phi) is 3.87. The van der Waals surface area contributed by atoms with E-state index in [1.54, 1.807) is 11.0 Å². The first-order valence-corrected chi connectivity index (χ1v) is 6.59. The Bertz CT molecular complexity index is 509. The highest BCUT2D eigenvalue weighted by molar-refractivity contribution is 9.10. The lowest BCUT2D eigenvalue weighted by Gasteiger charge is -2.23. The Morgan fingerprint density at radius 3 is 2.89 bits per heavy atom. The molecule has 1 fully saturated rings. The number of anilines is 1. The molecule has 1 heterocycles. The van der Waals surface area contributed by atoms with Crippen molar-refractivity contribution in [3.05, 3.63) is 28.2 Å². The van der Waals surface area contributed by atoms with Crippen molar-refractivity contribution in [3.8, 4) is 6.07 Å². The summed E-state index contributed by atoms with van der Waals surface area (Å²) in [5.41, 5.74) is 1.44. The lowest BCUT2D eigenvalue weighted by molar-refractivity contribution is -0.127. The highest BCUT2D eigenvalue weighted by atomic mass is 79.9. The van der Waals surface area contributed by atoms with E-state index in [-0.39, 0.29) is 5.91 Å². The zero-order valence-corrected chi connectivity index (χ0v) is 11.8. The van der Waals surface area contributed by atoms with Crippen molar-refractivity contribution in [1.82, 2.24) is 4.90 Å². The standard InChI is InChI=1S/C13H14BrN3O/c1-16-5-2-6-17(9-13(16)18)12-4-3-11(14)7-10(12)8-15/h3-4,7H,2,5-6,9H2,1H3. The lowest BCUT2D eigenvalue weighted by atomic mass is 10.1. The van der Waals surface area contributed by atoms with Gasteiger partial charge in [-0.3, -0.25) is 4.79 Å². The zero-order valence-electron chi connectivity index (χ0n) is 10.2. The van der Waals surface area contributed by atoms with E-state index in [1.807, 2.05) is 24.1 Å². The van der Waals surface area contributed by atoms with Gasteiger partial charge in [0.2, 0.25) is 5.91 Å². The number of nitrogens with zero attached hydrogens (tertiary/aromatic N) is 3. The molecule has 2 rings (SSSR count). The molecule has 0 spiro atoms. The smallest absolute Gasteiger partial charge is 0.241 e. The van der Waals surface area contributed by atoms with Gasteiger partial charge in [0.25, 0.3) is 0 Å². The molecule has 4 nitrogen and oxygen atoms in total. The summed E-state index contributed by atoms with van der Waals surface area (Å²) >= 11 is 3.35. The van der Waals surface area contributed by atoms with Gasteiger partial charge in [0.05, 0.1) is 17.8 Å². The molecule has 0 aliphatic carbocycles. The molecule has 1 aliphatic rings. The number of amides is 1. The van der Waals surface area contributed by atoms with Gasteiger partial charge in [0, 0.05) is 24.6 Å². The van der Waals surface area contributed by atoms with Gasteiger partial charge < -0.3 is 9.80 Å². The largest absolute Gasteiger partial charge is 0.361 e. The second kappa shape index (κ2) is 5.40. The summed E-state index contributed by atoms with van der Waals surface area (Å²) in [6.07, 6.45) is 0.920. The fourth-order valence-corrected chi connectivity index (χ4v) is 2.43.